The third-order valence-corrected chi connectivity index (χ3v) is 3.55. The van der Waals surface area contributed by atoms with Gasteiger partial charge in [0.05, 0.1) is 12.2 Å². The van der Waals surface area contributed by atoms with E-state index < -0.39 is 0 Å². The van der Waals surface area contributed by atoms with Crippen molar-refractivity contribution < 1.29 is 0 Å². The number of benzene rings is 1. The predicted octanol–water partition coefficient (Wildman–Crippen LogP) is 1.84. The quantitative estimate of drug-likeness (QED) is 0.660. The van der Waals surface area contributed by atoms with Crippen LogP contribution in [0.3, 0.4) is 0 Å². The molecule has 1 aromatic carbocycles. The maximum absolute atomic E-state index is 5.91. The molecule has 0 saturated carbocycles. The minimum Gasteiger partial charge on any atom is -0.370 e. The summed E-state index contributed by atoms with van der Waals surface area (Å²) in [5.74, 6) is 0.425. The summed E-state index contributed by atoms with van der Waals surface area (Å²) in [6, 6.07) is 8.35. The van der Waals surface area contributed by atoms with E-state index in [4.69, 9.17) is 5.73 Å². The molecule has 2 aromatic rings. The fourth-order valence-corrected chi connectivity index (χ4v) is 2.55. The number of aliphatic imine (C=N–C) groups is 1. The molecule has 0 unspecified atom stereocenters. The zero-order chi connectivity index (χ0) is 13.9. The number of nitrogens with two attached hydrogens (primary N) is 1. The number of aromatic nitrogens is 2. The molecule has 20 heavy (non-hydrogen) atoms. The van der Waals surface area contributed by atoms with Crippen LogP contribution in [0.25, 0.3) is 0 Å². The Balaban J connectivity index is 1.64. The van der Waals surface area contributed by atoms with Gasteiger partial charge in [0, 0.05) is 18.9 Å². The first-order valence-electron chi connectivity index (χ1n) is 6.88. The summed E-state index contributed by atoms with van der Waals surface area (Å²) < 4.78 is 1.76. The third kappa shape index (κ3) is 2.82. The van der Waals surface area contributed by atoms with Crippen molar-refractivity contribution in [2.24, 2.45) is 17.8 Å². The van der Waals surface area contributed by atoms with Gasteiger partial charge in [-0.2, -0.15) is 5.10 Å². The Hall–Kier alpha value is -2.30. The van der Waals surface area contributed by atoms with Crippen LogP contribution in [0, 0.1) is 0 Å². The molecule has 0 radical (unpaired) electrons. The minimum absolute atomic E-state index is 0.425. The van der Waals surface area contributed by atoms with Gasteiger partial charge in [-0.15, -0.1) is 0 Å². The van der Waals surface area contributed by atoms with Gasteiger partial charge >= 0.3 is 0 Å². The van der Waals surface area contributed by atoms with Gasteiger partial charge in [0.2, 0.25) is 0 Å². The first-order valence-corrected chi connectivity index (χ1v) is 6.88. The summed E-state index contributed by atoms with van der Waals surface area (Å²) in [6.07, 6.45) is 5.51. The van der Waals surface area contributed by atoms with Crippen LogP contribution in [0.15, 0.2) is 35.5 Å². The van der Waals surface area contributed by atoms with Crippen LogP contribution in [-0.4, -0.2) is 15.7 Å². The van der Waals surface area contributed by atoms with Gasteiger partial charge in [-0.25, -0.2) is 4.99 Å². The van der Waals surface area contributed by atoms with E-state index in [1.807, 2.05) is 19.3 Å². The zero-order valence-electron chi connectivity index (χ0n) is 11.6. The summed E-state index contributed by atoms with van der Waals surface area (Å²) >= 11 is 0. The number of nitrogens with one attached hydrogen (secondary N) is 1. The van der Waals surface area contributed by atoms with Crippen molar-refractivity contribution in [3.63, 3.8) is 0 Å². The van der Waals surface area contributed by atoms with Crippen molar-refractivity contribution in [3.05, 3.63) is 47.3 Å². The van der Waals surface area contributed by atoms with Crippen molar-refractivity contribution in [2.75, 3.05) is 5.32 Å². The number of anilines is 1. The fourth-order valence-electron chi connectivity index (χ4n) is 2.55. The van der Waals surface area contributed by atoms with Crippen molar-refractivity contribution in [1.82, 2.24) is 9.78 Å². The smallest absolute Gasteiger partial charge is 0.193 e. The molecule has 1 heterocycles. The molecule has 104 valence electrons. The van der Waals surface area contributed by atoms with Crippen LogP contribution in [0.5, 0.6) is 0 Å². The largest absolute Gasteiger partial charge is 0.370 e. The average molecular weight is 269 g/mol. The predicted molar refractivity (Wildman–Crippen MR) is 80.6 cm³/mol. The summed E-state index contributed by atoms with van der Waals surface area (Å²) in [5, 5.41) is 7.41. The Bertz CT molecular complexity index is 641. The van der Waals surface area contributed by atoms with Crippen molar-refractivity contribution in [2.45, 2.75) is 25.8 Å². The number of fused-ring (bicyclic) bond motifs is 1. The summed E-state index contributed by atoms with van der Waals surface area (Å²) in [5.41, 5.74) is 10.7. The van der Waals surface area contributed by atoms with E-state index in [0.717, 1.165) is 17.8 Å². The van der Waals surface area contributed by atoms with Gasteiger partial charge in [0.25, 0.3) is 0 Å². The third-order valence-electron chi connectivity index (χ3n) is 3.55. The molecule has 5 nitrogen and oxygen atoms in total. The number of hydrogen-bond acceptors (Lipinski definition) is 2. The van der Waals surface area contributed by atoms with Crippen molar-refractivity contribution in [3.8, 4) is 0 Å². The molecule has 0 atom stereocenters. The normalized spacial score (nSPS) is 14.3. The second-order valence-corrected chi connectivity index (χ2v) is 5.14. The lowest BCUT2D eigenvalue weighted by Gasteiger charge is -2.07. The van der Waals surface area contributed by atoms with E-state index in [1.54, 1.807) is 4.68 Å². The van der Waals surface area contributed by atoms with Gasteiger partial charge in [-0.3, -0.25) is 4.68 Å². The average Bonchev–Trinajstić information content (AvgIpc) is 3.04. The molecule has 0 saturated heterocycles. The van der Waals surface area contributed by atoms with Gasteiger partial charge in [0.1, 0.15) is 0 Å². The highest BCUT2D eigenvalue weighted by molar-refractivity contribution is 5.92. The maximum atomic E-state index is 5.91. The Morgan fingerprint density at radius 1 is 1.35 bits per heavy atom. The van der Waals surface area contributed by atoms with Gasteiger partial charge < -0.3 is 11.1 Å². The number of nitrogens with zero attached hydrogens (tertiary/aromatic N) is 3. The molecule has 0 spiro atoms. The fraction of sp³-hybridized carbons (Fsp3) is 0.333. The molecule has 0 aliphatic heterocycles. The molecule has 1 aliphatic rings. The number of rotatable bonds is 3. The Labute approximate surface area is 118 Å². The molecule has 5 heteroatoms. The molecule has 0 amide bonds. The highest BCUT2D eigenvalue weighted by atomic mass is 15.3. The van der Waals surface area contributed by atoms with Crippen LogP contribution in [0.1, 0.15) is 23.2 Å². The lowest BCUT2D eigenvalue weighted by atomic mass is 10.1. The molecule has 1 aromatic heterocycles. The monoisotopic (exact) mass is 269 g/mol. The summed E-state index contributed by atoms with van der Waals surface area (Å²) in [6.45, 7) is 0.491. The molecule has 3 rings (SSSR count). The van der Waals surface area contributed by atoms with Crippen molar-refractivity contribution in [1.29, 1.82) is 0 Å². The van der Waals surface area contributed by atoms with Crippen LogP contribution in [-0.2, 0) is 26.4 Å². The number of hydrogen-bond donors (Lipinski definition) is 2. The topological polar surface area (TPSA) is 68.2 Å². The molecule has 3 N–H and O–H groups in total. The van der Waals surface area contributed by atoms with E-state index >= 15 is 0 Å². The Morgan fingerprint density at radius 2 is 2.20 bits per heavy atom. The van der Waals surface area contributed by atoms with Gasteiger partial charge in [-0.1, -0.05) is 6.07 Å². The number of guanidine groups is 1. The Kier molecular flexibility index (Phi) is 3.41. The van der Waals surface area contributed by atoms with E-state index in [9.17, 15) is 0 Å². The van der Waals surface area contributed by atoms with E-state index in [1.165, 1.54) is 24.0 Å². The lowest BCUT2D eigenvalue weighted by molar-refractivity contribution is 0.743. The molecular weight excluding hydrogens is 250 g/mol. The minimum atomic E-state index is 0.425. The first kappa shape index (κ1) is 12.7. The first-order chi connectivity index (χ1) is 9.70. The van der Waals surface area contributed by atoms with Crippen LogP contribution in [0.2, 0.25) is 0 Å². The molecular formula is C15H19N5. The van der Waals surface area contributed by atoms with Gasteiger partial charge in [-0.05, 0) is 48.6 Å². The second kappa shape index (κ2) is 5.36. The Morgan fingerprint density at radius 3 is 3.00 bits per heavy atom. The summed E-state index contributed by atoms with van der Waals surface area (Å²) in [7, 11) is 1.89. The van der Waals surface area contributed by atoms with Crippen LogP contribution < -0.4 is 11.1 Å². The summed E-state index contributed by atoms with van der Waals surface area (Å²) in [4.78, 5) is 4.30. The zero-order valence-corrected chi connectivity index (χ0v) is 11.6. The highest BCUT2D eigenvalue weighted by Gasteiger charge is 2.10. The van der Waals surface area contributed by atoms with Gasteiger partial charge in [0.15, 0.2) is 5.96 Å². The maximum Gasteiger partial charge on any atom is 0.193 e. The van der Waals surface area contributed by atoms with Crippen LogP contribution >= 0.6 is 0 Å². The SMILES string of the molecule is Cn1ccc(CN=C(N)Nc2ccc3c(c2)CCC3)n1. The standard InChI is InChI=1S/C15H19N5/c1-20-8-7-14(19-20)10-17-15(16)18-13-6-5-11-3-2-4-12(11)9-13/h5-9H,2-4,10H2,1H3,(H3,16,17,18). The highest BCUT2D eigenvalue weighted by Crippen LogP contribution is 2.24. The van der Waals surface area contributed by atoms with Crippen LogP contribution in [0.4, 0.5) is 5.69 Å². The van der Waals surface area contributed by atoms with Crippen molar-refractivity contribution >= 4 is 11.6 Å². The van der Waals surface area contributed by atoms with E-state index in [0.29, 0.717) is 12.5 Å². The van der Waals surface area contributed by atoms with E-state index in [2.05, 4.69) is 33.6 Å². The molecule has 0 fully saturated rings. The second-order valence-electron chi connectivity index (χ2n) is 5.14. The lowest BCUT2D eigenvalue weighted by Crippen LogP contribution is -2.22. The number of aryl methyl sites for hydroxylation is 3. The van der Waals surface area contributed by atoms with E-state index in [-0.39, 0.29) is 0 Å². The molecule has 0 bridgehead atoms. The molecule has 1 aliphatic carbocycles.